The number of methoxy groups -OCH3 is 2. The van der Waals surface area contributed by atoms with Crippen LogP contribution in [0.4, 0.5) is 10.1 Å². The number of carbonyl (C=O) groups is 1. The molecule has 2 rings (SSSR count). The topological polar surface area (TPSA) is 72.9 Å². The fourth-order valence-corrected chi connectivity index (χ4v) is 3.93. The lowest BCUT2D eigenvalue weighted by Gasteiger charge is -2.25. The Labute approximate surface area is 156 Å². The van der Waals surface area contributed by atoms with Crippen molar-refractivity contribution in [2.45, 2.75) is 11.8 Å². The van der Waals surface area contributed by atoms with Gasteiger partial charge < -0.3 is 9.47 Å². The Hall–Kier alpha value is -2.32. The third-order valence-corrected chi connectivity index (χ3v) is 5.88. The maximum Gasteiger partial charge on any atom is 0.326 e. The molecule has 0 N–H and O–H groups in total. The monoisotopic (exact) mass is 401 g/mol. The van der Waals surface area contributed by atoms with Gasteiger partial charge in [-0.05, 0) is 42.8 Å². The normalized spacial score (nSPS) is 11.1. The summed E-state index contributed by atoms with van der Waals surface area (Å²) in [7, 11) is -1.85. The summed E-state index contributed by atoms with van der Waals surface area (Å²) in [5.41, 5.74) is 0.648. The Morgan fingerprint density at radius 1 is 1.23 bits per heavy atom. The zero-order chi connectivity index (χ0) is 19.5. The van der Waals surface area contributed by atoms with E-state index in [-0.39, 0.29) is 16.3 Å². The summed E-state index contributed by atoms with van der Waals surface area (Å²) in [5, 5.41) is 0.327. The van der Waals surface area contributed by atoms with Crippen molar-refractivity contribution in [3.63, 3.8) is 0 Å². The number of benzene rings is 2. The maximum atomic E-state index is 14.0. The molecule has 9 heteroatoms. The second-order valence-corrected chi connectivity index (χ2v) is 7.54. The van der Waals surface area contributed by atoms with Crippen LogP contribution in [-0.2, 0) is 19.6 Å². The summed E-state index contributed by atoms with van der Waals surface area (Å²) in [5.74, 6) is -1.71. The third kappa shape index (κ3) is 3.91. The molecule has 0 bridgehead atoms. The highest BCUT2D eigenvalue weighted by Crippen LogP contribution is 2.32. The van der Waals surface area contributed by atoms with E-state index in [9.17, 15) is 17.6 Å². The molecule has 0 radical (unpaired) electrons. The molecule has 2 aromatic carbocycles. The van der Waals surface area contributed by atoms with E-state index in [1.54, 1.807) is 19.1 Å². The number of halogens is 2. The van der Waals surface area contributed by atoms with Crippen LogP contribution in [0.15, 0.2) is 41.3 Å². The molecule has 0 aliphatic carbocycles. The van der Waals surface area contributed by atoms with Gasteiger partial charge in [-0.15, -0.1) is 0 Å². The number of esters is 1. The van der Waals surface area contributed by atoms with Crippen molar-refractivity contribution in [2.24, 2.45) is 0 Å². The van der Waals surface area contributed by atoms with Crippen LogP contribution in [0.3, 0.4) is 0 Å². The molecule has 0 saturated heterocycles. The first-order valence-electron chi connectivity index (χ1n) is 7.40. The van der Waals surface area contributed by atoms with E-state index < -0.39 is 28.4 Å². The van der Waals surface area contributed by atoms with Crippen LogP contribution in [-0.4, -0.2) is 35.2 Å². The van der Waals surface area contributed by atoms with Gasteiger partial charge in [0.25, 0.3) is 10.0 Å². The van der Waals surface area contributed by atoms with Crippen molar-refractivity contribution in [1.29, 1.82) is 0 Å². The minimum absolute atomic E-state index is 0.0950. The van der Waals surface area contributed by atoms with E-state index in [1.165, 1.54) is 25.3 Å². The van der Waals surface area contributed by atoms with Crippen molar-refractivity contribution in [3.05, 3.63) is 52.8 Å². The molecular formula is C17H17ClFNO5S. The van der Waals surface area contributed by atoms with E-state index in [0.717, 1.165) is 17.5 Å². The fourth-order valence-electron chi connectivity index (χ4n) is 2.28. The lowest BCUT2D eigenvalue weighted by atomic mass is 10.2. The molecule has 0 aliphatic rings. The molecule has 0 heterocycles. The lowest BCUT2D eigenvalue weighted by Crippen LogP contribution is -2.36. The van der Waals surface area contributed by atoms with E-state index >= 15 is 0 Å². The number of rotatable bonds is 6. The molecule has 6 nitrogen and oxygen atoms in total. The van der Waals surface area contributed by atoms with Crippen LogP contribution in [0.1, 0.15) is 5.56 Å². The SMILES string of the molecule is COC(=O)CN(c1cccc(Cl)c1C)S(=O)(=O)c1ccc(OC)c(F)c1. The van der Waals surface area contributed by atoms with Crippen LogP contribution in [0, 0.1) is 12.7 Å². The quantitative estimate of drug-likeness (QED) is 0.695. The van der Waals surface area contributed by atoms with Crippen molar-refractivity contribution < 1.29 is 27.1 Å². The molecule has 0 aromatic heterocycles. The third-order valence-electron chi connectivity index (χ3n) is 3.72. The number of nitrogens with zero attached hydrogens (tertiary/aromatic N) is 1. The Kier molecular flexibility index (Phi) is 6.09. The number of hydrogen-bond donors (Lipinski definition) is 0. The molecule has 2 aromatic rings. The molecule has 0 unspecified atom stereocenters. The molecule has 0 atom stereocenters. The number of anilines is 1. The first-order chi connectivity index (χ1) is 12.2. The number of carbonyl (C=O) groups excluding carboxylic acids is 1. The van der Waals surface area contributed by atoms with Gasteiger partial charge in [0.2, 0.25) is 0 Å². The van der Waals surface area contributed by atoms with Crippen LogP contribution >= 0.6 is 11.6 Å². The van der Waals surface area contributed by atoms with E-state index in [0.29, 0.717) is 10.6 Å². The van der Waals surface area contributed by atoms with Crippen molar-refractivity contribution in [3.8, 4) is 5.75 Å². The molecule has 0 amide bonds. The molecule has 0 saturated carbocycles. The zero-order valence-electron chi connectivity index (χ0n) is 14.3. The van der Waals surface area contributed by atoms with Crippen LogP contribution in [0.2, 0.25) is 5.02 Å². The summed E-state index contributed by atoms with van der Waals surface area (Å²) in [6.45, 7) is 1.03. The predicted octanol–water partition coefficient (Wildman–Crippen LogP) is 3.16. The Balaban J connectivity index is 2.62. The Bertz CT molecular complexity index is 933. The van der Waals surface area contributed by atoms with Gasteiger partial charge in [-0.25, -0.2) is 12.8 Å². The zero-order valence-corrected chi connectivity index (χ0v) is 15.9. The van der Waals surface area contributed by atoms with Crippen molar-refractivity contribution >= 4 is 33.3 Å². The van der Waals surface area contributed by atoms with Gasteiger partial charge >= 0.3 is 5.97 Å². The molecule has 0 fully saturated rings. The first-order valence-corrected chi connectivity index (χ1v) is 9.22. The highest BCUT2D eigenvalue weighted by atomic mass is 35.5. The van der Waals surface area contributed by atoms with Crippen LogP contribution < -0.4 is 9.04 Å². The smallest absolute Gasteiger partial charge is 0.326 e. The summed E-state index contributed by atoms with van der Waals surface area (Å²) >= 11 is 6.08. The Morgan fingerprint density at radius 3 is 2.50 bits per heavy atom. The summed E-state index contributed by atoms with van der Waals surface area (Å²) in [6.07, 6.45) is 0. The van der Waals surface area contributed by atoms with Gasteiger partial charge in [-0.2, -0.15) is 0 Å². The van der Waals surface area contributed by atoms with Gasteiger partial charge in [0, 0.05) is 5.02 Å². The van der Waals surface area contributed by atoms with Crippen LogP contribution in [0.5, 0.6) is 5.75 Å². The minimum atomic E-state index is -4.27. The molecule has 26 heavy (non-hydrogen) atoms. The second-order valence-electron chi connectivity index (χ2n) is 5.27. The van der Waals surface area contributed by atoms with Gasteiger partial charge in [0.15, 0.2) is 11.6 Å². The summed E-state index contributed by atoms with van der Waals surface area (Å²) in [4.78, 5) is 11.4. The van der Waals surface area contributed by atoms with E-state index in [4.69, 9.17) is 16.3 Å². The highest BCUT2D eigenvalue weighted by Gasteiger charge is 2.30. The minimum Gasteiger partial charge on any atom is -0.494 e. The molecular weight excluding hydrogens is 385 g/mol. The molecule has 0 aliphatic heterocycles. The summed E-state index contributed by atoms with van der Waals surface area (Å²) in [6, 6.07) is 7.88. The second kappa shape index (κ2) is 7.92. The maximum absolute atomic E-state index is 14.0. The molecule has 140 valence electrons. The average Bonchev–Trinajstić information content (AvgIpc) is 2.61. The first kappa shape index (κ1) is 20.0. The standard InChI is InChI=1S/C17H17ClFNO5S/c1-11-13(18)5-4-6-15(11)20(10-17(21)25-3)26(22,23)12-7-8-16(24-2)14(19)9-12/h4-9H,10H2,1-3H3. The predicted molar refractivity (Wildman–Crippen MR) is 95.7 cm³/mol. The Morgan fingerprint density at radius 2 is 1.92 bits per heavy atom. The number of sulfonamides is 1. The number of hydrogen-bond acceptors (Lipinski definition) is 5. The largest absolute Gasteiger partial charge is 0.494 e. The van der Waals surface area contributed by atoms with Crippen molar-refractivity contribution in [1.82, 2.24) is 0 Å². The van der Waals surface area contributed by atoms with Crippen molar-refractivity contribution in [2.75, 3.05) is 25.1 Å². The van der Waals surface area contributed by atoms with Gasteiger partial charge in [0.1, 0.15) is 6.54 Å². The van der Waals surface area contributed by atoms with Crippen LogP contribution in [0.25, 0.3) is 0 Å². The van der Waals surface area contributed by atoms with E-state index in [1.807, 2.05) is 0 Å². The van der Waals surface area contributed by atoms with E-state index in [2.05, 4.69) is 4.74 Å². The fraction of sp³-hybridized carbons (Fsp3) is 0.235. The van der Waals surface area contributed by atoms with Gasteiger partial charge in [0.05, 0.1) is 24.8 Å². The van der Waals surface area contributed by atoms with Gasteiger partial charge in [-0.3, -0.25) is 9.10 Å². The number of ether oxygens (including phenoxy) is 2. The highest BCUT2D eigenvalue weighted by molar-refractivity contribution is 7.92. The average molecular weight is 402 g/mol. The summed E-state index contributed by atoms with van der Waals surface area (Å²) < 4.78 is 50.4. The molecule has 0 spiro atoms. The lowest BCUT2D eigenvalue weighted by molar-refractivity contribution is -0.138. The van der Waals surface area contributed by atoms with Gasteiger partial charge in [-0.1, -0.05) is 17.7 Å².